The Morgan fingerprint density at radius 1 is 1.59 bits per heavy atom. The summed E-state index contributed by atoms with van der Waals surface area (Å²) in [6.07, 6.45) is 3.36. The first-order chi connectivity index (χ1) is 8.13. The monoisotopic (exact) mass is 301 g/mol. The molecule has 17 heavy (non-hydrogen) atoms. The smallest absolute Gasteiger partial charge is 0.242 e. The molecule has 1 aromatic rings. The first kappa shape index (κ1) is 13.9. The lowest BCUT2D eigenvalue weighted by Gasteiger charge is -2.14. The van der Waals surface area contributed by atoms with E-state index in [1.165, 1.54) is 0 Å². The summed E-state index contributed by atoms with van der Waals surface area (Å²) in [6, 6.07) is 1.55. The first-order valence-electron chi connectivity index (χ1n) is 5.27. The topological polar surface area (TPSA) is 63.2 Å². The number of ether oxygens (including phenoxy) is 1. The Morgan fingerprint density at radius 3 is 3.00 bits per heavy atom. The van der Waals surface area contributed by atoms with E-state index in [1.807, 2.05) is 6.07 Å². The van der Waals surface area contributed by atoms with E-state index in [2.05, 4.69) is 31.5 Å². The molecule has 0 aromatic carbocycles. The summed E-state index contributed by atoms with van der Waals surface area (Å²) >= 11 is 3.32. The number of anilines is 1. The van der Waals surface area contributed by atoms with E-state index in [1.54, 1.807) is 26.4 Å². The Balaban J connectivity index is 2.43. The summed E-state index contributed by atoms with van der Waals surface area (Å²) < 4.78 is 5.72. The van der Waals surface area contributed by atoms with Crippen molar-refractivity contribution < 1.29 is 9.53 Å². The number of nitrogens with one attached hydrogen (secondary N) is 2. The van der Waals surface area contributed by atoms with Crippen molar-refractivity contribution in [3.05, 3.63) is 22.9 Å². The maximum atomic E-state index is 11.6. The lowest BCUT2D eigenvalue weighted by molar-refractivity contribution is -0.121. The maximum absolute atomic E-state index is 11.6. The van der Waals surface area contributed by atoms with Crippen molar-refractivity contribution in [3.8, 4) is 0 Å². The number of methoxy groups -OCH3 is 1. The fourth-order valence-corrected chi connectivity index (χ4v) is 1.60. The van der Waals surface area contributed by atoms with Crippen LogP contribution in [0.3, 0.4) is 0 Å². The number of hydrogen-bond donors (Lipinski definition) is 2. The molecule has 1 atom stereocenters. The van der Waals surface area contributed by atoms with E-state index >= 15 is 0 Å². The van der Waals surface area contributed by atoms with Gasteiger partial charge in [0.05, 0.1) is 18.5 Å². The average molecular weight is 302 g/mol. The van der Waals surface area contributed by atoms with Crippen LogP contribution in [0.2, 0.25) is 0 Å². The molecule has 0 radical (unpaired) electrons. The van der Waals surface area contributed by atoms with Gasteiger partial charge in [0, 0.05) is 24.3 Å². The molecule has 94 valence electrons. The number of amides is 1. The molecule has 0 aliphatic carbocycles. The third kappa shape index (κ3) is 5.14. The van der Waals surface area contributed by atoms with Crippen molar-refractivity contribution in [3.63, 3.8) is 0 Å². The van der Waals surface area contributed by atoms with Gasteiger partial charge in [-0.2, -0.15) is 0 Å². The van der Waals surface area contributed by atoms with Crippen molar-refractivity contribution in [1.29, 1.82) is 0 Å². The summed E-state index contributed by atoms with van der Waals surface area (Å²) in [4.78, 5) is 15.7. The van der Waals surface area contributed by atoms with Gasteiger partial charge in [-0.1, -0.05) is 0 Å². The molecule has 1 heterocycles. The van der Waals surface area contributed by atoms with Gasteiger partial charge in [0.1, 0.15) is 6.04 Å². The van der Waals surface area contributed by atoms with E-state index in [-0.39, 0.29) is 11.9 Å². The summed E-state index contributed by atoms with van der Waals surface area (Å²) in [7, 11) is 1.60. The number of halogens is 1. The van der Waals surface area contributed by atoms with Crippen LogP contribution < -0.4 is 10.6 Å². The minimum Gasteiger partial charge on any atom is -0.383 e. The average Bonchev–Trinajstić information content (AvgIpc) is 2.29. The molecule has 0 bridgehead atoms. The molecule has 0 saturated carbocycles. The minimum absolute atomic E-state index is 0.0676. The highest BCUT2D eigenvalue weighted by Gasteiger charge is 2.11. The normalized spacial score (nSPS) is 11.9. The minimum atomic E-state index is -0.317. The van der Waals surface area contributed by atoms with Crippen molar-refractivity contribution in [2.75, 3.05) is 25.6 Å². The SMILES string of the molecule is COCCNC(=O)C(C)Nc1cncc(Br)c1. The van der Waals surface area contributed by atoms with Gasteiger partial charge in [-0.15, -0.1) is 0 Å². The van der Waals surface area contributed by atoms with Crippen LogP contribution in [0.25, 0.3) is 0 Å². The Kier molecular flexibility index (Phi) is 5.93. The van der Waals surface area contributed by atoms with Crippen LogP contribution in [0.5, 0.6) is 0 Å². The molecule has 1 rings (SSSR count). The molecule has 1 unspecified atom stereocenters. The highest BCUT2D eigenvalue weighted by Crippen LogP contribution is 2.14. The second kappa shape index (κ2) is 7.24. The lowest BCUT2D eigenvalue weighted by atomic mass is 10.3. The van der Waals surface area contributed by atoms with Gasteiger partial charge in [-0.05, 0) is 28.9 Å². The van der Waals surface area contributed by atoms with Gasteiger partial charge in [0.15, 0.2) is 0 Å². The predicted octanol–water partition coefficient (Wildman–Crippen LogP) is 1.41. The quantitative estimate of drug-likeness (QED) is 0.780. The van der Waals surface area contributed by atoms with Crippen LogP contribution in [0, 0.1) is 0 Å². The summed E-state index contributed by atoms with van der Waals surface area (Å²) in [5.74, 6) is -0.0676. The summed E-state index contributed by atoms with van der Waals surface area (Å²) in [5.41, 5.74) is 0.800. The molecule has 0 aliphatic heterocycles. The zero-order valence-corrected chi connectivity index (χ0v) is 11.5. The molecular formula is C11H16BrN3O2. The maximum Gasteiger partial charge on any atom is 0.242 e. The first-order valence-corrected chi connectivity index (χ1v) is 6.06. The van der Waals surface area contributed by atoms with Crippen LogP contribution in [0.1, 0.15) is 6.92 Å². The molecule has 0 spiro atoms. The largest absolute Gasteiger partial charge is 0.383 e. The zero-order chi connectivity index (χ0) is 12.7. The molecule has 0 fully saturated rings. The molecule has 0 aliphatic rings. The van der Waals surface area contributed by atoms with Gasteiger partial charge in [0.2, 0.25) is 5.91 Å². The molecule has 1 aromatic heterocycles. The van der Waals surface area contributed by atoms with Crippen molar-refractivity contribution >= 4 is 27.5 Å². The number of aromatic nitrogens is 1. The highest BCUT2D eigenvalue weighted by molar-refractivity contribution is 9.10. The van der Waals surface area contributed by atoms with E-state index in [4.69, 9.17) is 4.74 Å². The second-order valence-corrected chi connectivity index (χ2v) is 4.46. The van der Waals surface area contributed by atoms with E-state index in [0.717, 1.165) is 10.2 Å². The van der Waals surface area contributed by atoms with E-state index < -0.39 is 0 Å². The van der Waals surface area contributed by atoms with Crippen molar-refractivity contribution in [2.45, 2.75) is 13.0 Å². The zero-order valence-electron chi connectivity index (χ0n) is 9.87. The molecule has 2 N–H and O–H groups in total. The van der Waals surface area contributed by atoms with Crippen LogP contribution in [0.15, 0.2) is 22.9 Å². The van der Waals surface area contributed by atoms with Crippen LogP contribution in [-0.2, 0) is 9.53 Å². The Morgan fingerprint density at radius 2 is 2.35 bits per heavy atom. The molecule has 6 heteroatoms. The Labute approximate surface area is 109 Å². The number of rotatable bonds is 6. The fourth-order valence-electron chi connectivity index (χ4n) is 1.24. The summed E-state index contributed by atoms with van der Waals surface area (Å²) in [6.45, 7) is 2.82. The van der Waals surface area contributed by atoms with Gasteiger partial charge in [0.25, 0.3) is 0 Å². The molecule has 5 nitrogen and oxygen atoms in total. The number of carbonyl (C=O) groups is 1. The second-order valence-electron chi connectivity index (χ2n) is 3.54. The predicted molar refractivity (Wildman–Crippen MR) is 69.9 cm³/mol. The van der Waals surface area contributed by atoms with Crippen LogP contribution in [-0.4, -0.2) is 37.2 Å². The molecular weight excluding hydrogens is 286 g/mol. The third-order valence-electron chi connectivity index (χ3n) is 2.09. The Hall–Kier alpha value is -1.14. The number of carbonyl (C=O) groups excluding carboxylic acids is 1. The van der Waals surface area contributed by atoms with Crippen molar-refractivity contribution in [2.24, 2.45) is 0 Å². The fraction of sp³-hybridized carbons (Fsp3) is 0.455. The number of nitrogens with zero attached hydrogens (tertiary/aromatic N) is 1. The van der Waals surface area contributed by atoms with Gasteiger partial charge >= 0.3 is 0 Å². The molecule has 1 amide bonds. The van der Waals surface area contributed by atoms with E-state index in [9.17, 15) is 4.79 Å². The summed E-state index contributed by atoms with van der Waals surface area (Å²) in [5, 5.41) is 5.82. The standard InChI is InChI=1S/C11H16BrN3O2/c1-8(11(16)14-3-4-17-2)15-10-5-9(12)6-13-7-10/h5-8,15H,3-4H2,1-2H3,(H,14,16). The lowest BCUT2D eigenvalue weighted by Crippen LogP contribution is -2.39. The van der Waals surface area contributed by atoms with E-state index in [0.29, 0.717) is 13.2 Å². The Bertz CT molecular complexity index is 373. The van der Waals surface area contributed by atoms with Gasteiger partial charge in [-0.25, -0.2) is 0 Å². The number of hydrogen-bond acceptors (Lipinski definition) is 4. The molecule has 0 saturated heterocycles. The number of pyridine rings is 1. The van der Waals surface area contributed by atoms with Crippen molar-refractivity contribution in [1.82, 2.24) is 10.3 Å². The van der Waals surface area contributed by atoms with Crippen LogP contribution in [0.4, 0.5) is 5.69 Å². The van der Waals surface area contributed by atoms with Gasteiger partial charge in [-0.3, -0.25) is 9.78 Å². The van der Waals surface area contributed by atoms with Gasteiger partial charge < -0.3 is 15.4 Å². The van der Waals surface area contributed by atoms with Crippen LogP contribution >= 0.6 is 15.9 Å². The highest BCUT2D eigenvalue weighted by atomic mass is 79.9. The third-order valence-corrected chi connectivity index (χ3v) is 2.52.